The number of rotatable bonds is 8. The van der Waals surface area contributed by atoms with Gasteiger partial charge in [0.05, 0.1) is 36.4 Å². The van der Waals surface area contributed by atoms with Gasteiger partial charge in [0.1, 0.15) is 23.1 Å². The normalized spacial score (nSPS) is 13.2. The van der Waals surface area contributed by atoms with Gasteiger partial charge in [-0.05, 0) is 42.5 Å². The van der Waals surface area contributed by atoms with Crippen LogP contribution in [0.25, 0.3) is 16.5 Å². The van der Waals surface area contributed by atoms with Crippen molar-refractivity contribution in [3.05, 3.63) is 96.4 Å². The highest BCUT2D eigenvalue weighted by Crippen LogP contribution is 2.35. The van der Waals surface area contributed by atoms with Crippen LogP contribution in [0.3, 0.4) is 0 Å². The Bertz CT molecular complexity index is 1910. The van der Waals surface area contributed by atoms with Crippen LogP contribution in [0.15, 0.2) is 85.1 Å². The quantitative estimate of drug-likeness (QED) is 0.156. The summed E-state index contributed by atoms with van der Waals surface area (Å²) in [7, 11) is 1.62. The number of piperazine rings is 1. The first-order valence-electron chi connectivity index (χ1n) is 15.9. The molecule has 5 aromatic rings. The van der Waals surface area contributed by atoms with Gasteiger partial charge in [0.25, 0.3) is 0 Å². The van der Waals surface area contributed by atoms with E-state index in [-0.39, 0.29) is 18.0 Å². The predicted molar refractivity (Wildman–Crippen MR) is 186 cm³/mol. The molecule has 0 spiro atoms. The summed E-state index contributed by atoms with van der Waals surface area (Å²) in [5, 5.41) is 18.6. The third kappa shape index (κ3) is 7.50. The van der Waals surface area contributed by atoms with Crippen LogP contribution in [0.4, 0.5) is 21.1 Å². The second-order valence-corrected chi connectivity index (χ2v) is 12.5. The summed E-state index contributed by atoms with van der Waals surface area (Å²) in [6.07, 6.45) is 1.66. The van der Waals surface area contributed by atoms with E-state index in [4.69, 9.17) is 14.6 Å². The average molecular weight is 649 g/mol. The van der Waals surface area contributed by atoms with Crippen LogP contribution in [-0.4, -0.2) is 65.0 Å². The summed E-state index contributed by atoms with van der Waals surface area (Å²) in [5.41, 5.74) is 2.69. The van der Waals surface area contributed by atoms with Crippen molar-refractivity contribution in [2.24, 2.45) is 0 Å². The van der Waals surface area contributed by atoms with E-state index < -0.39 is 6.03 Å². The molecule has 12 nitrogen and oxygen atoms in total. The van der Waals surface area contributed by atoms with Crippen molar-refractivity contribution in [2.45, 2.75) is 32.7 Å². The third-order valence-electron chi connectivity index (χ3n) is 8.01. The molecular formula is C36H40N8O4. The fourth-order valence-corrected chi connectivity index (χ4v) is 5.39. The number of carbonyl (C=O) groups excluding carboxylic acids is 2. The summed E-state index contributed by atoms with van der Waals surface area (Å²) in [6.45, 7) is 9.44. The third-order valence-corrected chi connectivity index (χ3v) is 8.01. The molecule has 1 aliphatic rings. The first kappa shape index (κ1) is 32.3. The molecule has 248 valence electrons. The highest BCUT2D eigenvalue weighted by atomic mass is 16.5. The molecule has 0 radical (unpaired) electrons. The summed E-state index contributed by atoms with van der Waals surface area (Å²) >= 11 is 0. The molecule has 12 heteroatoms. The number of amides is 4. The number of carbonyl (C=O) groups is 2. The maximum atomic E-state index is 13.4. The second kappa shape index (κ2) is 14.0. The number of fused-ring (bicyclic) bond motifs is 1. The minimum atomic E-state index is -0.411. The highest BCUT2D eigenvalue weighted by Gasteiger charge is 2.22. The van der Waals surface area contributed by atoms with Crippen LogP contribution in [0.1, 0.15) is 32.2 Å². The monoisotopic (exact) mass is 648 g/mol. The van der Waals surface area contributed by atoms with Gasteiger partial charge in [-0.3, -0.25) is 10.3 Å². The van der Waals surface area contributed by atoms with Gasteiger partial charge in [-0.15, -0.1) is 0 Å². The zero-order chi connectivity index (χ0) is 33.7. The van der Waals surface area contributed by atoms with Crippen molar-refractivity contribution in [3.63, 3.8) is 0 Å². The predicted octanol–water partition coefficient (Wildman–Crippen LogP) is 6.28. The Morgan fingerprint density at radius 3 is 2.38 bits per heavy atom. The topological polar surface area (TPSA) is 135 Å². The first-order chi connectivity index (χ1) is 23.2. The minimum absolute atomic E-state index is 0.109. The van der Waals surface area contributed by atoms with E-state index in [0.717, 1.165) is 41.0 Å². The number of nitrogens with zero attached hydrogens (tertiary/aromatic N) is 4. The van der Waals surface area contributed by atoms with Crippen LogP contribution in [0, 0.1) is 0 Å². The van der Waals surface area contributed by atoms with Crippen molar-refractivity contribution in [1.82, 2.24) is 30.3 Å². The number of benzene rings is 3. The summed E-state index contributed by atoms with van der Waals surface area (Å²) in [5.74, 6) is 2.46. The molecule has 4 N–H and O–H groups in total. The van der Waals surface area contributed by atoms with E-state index in [0.29, 0.717) is 41.8 Å². The number of pyridine rings is 1. The number of nitrogens with one attached hydrogen (secondary N) is 4. The standard InChI is InChI=1S/C36H40N8O4/c1-36(2,3)32-22-33(44(42-32)25-9-11-26(47-4)12-10-25)41-34(45)40-30-13-14-31(29-8-6-5-7-28(29)30)48-27-15-16-38-24(21-27)23-39-35(46)43-19-17-37-18-20-43/h5-16,21-22,37H,17-20,23H2,1-4H3,(H,39,46)(H2,40,41,45). The summed E-state index contributed by atoms with van der Waals surface area (Å²) in [4.78, 5) is 32.2. The second-order valence-electron chi connectivity index (χ2n) is 12.5. The molecule has 1 fully saturated rings. The van der Waals surface area contributed by atoms with E-state index in [9.17, 15) is 9.59 Å². The lowest BCUT2D eigenvalue weighted by Gasteiger charge is -2.27. The Kier molecular flexibility index (Phi) is 9.44. The molecule has 0 aliphatic carbocycles. The molecule has 0 unspecified atom stereocenters. The van der Waals surface area contributed by atoms with E-state index >= 15 is 0 Å². The maximum absolute atomic E-state index is 13.4. The molecule has 3 heterocycles. The number of anilines is 2. The van der Waals surface area contributed by atoms with Crippen molar-refractivity contribution >= 4 is 34.3 Å². The Morgan fingerprint density at radius 2 is 1.65 bits per heavy atom. The average Bonchev–Trinajstić information content (AvgIpc) is 3.53. The van der Waals surface area contributed by atoms with Crippen molar-refractivity contribution < 1.29 is 19.1 Å². The Hall–Kier alpha value is -5.62. The summed E-state index contributed by atoms with van der Waals surface area (Å²) < 4.78 is 13.3. The SMILES string of the molecule is COc1ccc(-n2nc(C(C)(C)C)cc2NC(=O)Nc2ccc(Oc3ccnc(CNC(=O)N4CCNCC4)c3)c3ccccc23)cc1. The van der Waals surface area contributed by atoms with E-state index in [1.807, 2.05) is 72.8 Å². The van der Waals surface area contributed by atoms with Gasteiger partial charge in [0.15, 0.2) is 0 Å². The van der Waals surface area contributed by atoms with Crippen LogP contribution in [0.2, 0.25) is 0 Å². The van der Waals surface area contributed by atoms with E-state index in [1.165, 1.54) is 0 Å². The number of hydrogen-bond donors (Lipinski definition) is 4. The van der Waals surface area contributed by atoms with Crippen LogP contribution in [0.5, 0.6) is 17.2 Å². The Labute approximate surface area is 279 Å². The molecule has 0 saturated carbocycles. The van der Waals surface area contributed by atoms with Gasteiger partial charge >= 0.3 is 12.1 Å². The lowest BCUT2D eigenvalue weighted by Crippen LogP contribution is -2.50. The fourth-order valence-electron chi connectivity index (χ4n) is 5.39. The molecule has 2 aromatic heterocycles. The van der Waals surface area contributed by atoms with E-state index in [1.54, 1.807) is 29.0 Å². The molecule has 4 amide bonds. The van der Waals surface area contributed by atoms with Gasteiger partial charge in [-0.1, -0.05) is 45.0 Å². The lowest BCUT2D eigenvalue weighted by molar-refractivity contribution is 0.189. The zero-order valence-corrected chi connectivity index (χ0v) is 27.5. The number of hydrogen-bond acceptors (Lipinski definition) is 7. The smallest absolute Gasteiger partial charge is 0.324 e. The molecule has 3 aromatic carbocycles. The van der Waals surface area contributed by atoms with Crippen LogP contribution in [-0.2, 0) is 12.0 Å². The van der Waals surface area contributed by atoms with Gasteiger partial charge in [-0.25, -0.2) is 14.3 Å². The maximum Gasteiger partial charge on any atom is 0.324 e. The fraction of sp³-hybridized carbons (Fsp3) is 0.278. The number of methoxy groups -OCH3 is 1. The van der Waals surface area contributed by atoms with Gasteiger partial charge < -0.3 is 30.3 Å². The Balaban J connectivity index is 1.18. The molecule has 1 saturated heterocycles. The van der Waals surface area contributed by atoms with E-state index in [2.05, 4.69) is 47.0 Å². The van der Waals surface area contributed by atoms with Gasteiger partial charge in [0, 0.05) is 60.7 Å². The molecule has 0 atom stereocenters. The van der Waals surface area contributed by atoms with Crippen molar-refractivity contribution in [1.29, 1.82) is 0 Å². The number of urea groups is 2. The lowest BCUT2D eigenvalue weighted by atomic mass is 9.92. The summed E-state index contributed by atoms with van der Waals surface area (Å²) in [6, 6.07) is 23.8. The highest BCUT2D eigenvalue weighted by molar-refractivity contribution is 6.07. The van der Waals surface area contributed by atoms with Gasteiger partial charge in [0.2, 0.25) is 0 Å². The first-order valence-corrected chi connectivity index (χ1v) is 15.9. The molecule has 48 heavy (non-hydrogen) atoms. The van der Waals surface area contributed by atoms with Crippen LogP contribution >= 0.6 is 0 Å². The van der Waals surface area contributed by atoms with Crippen molar-refractivity contribution in [3.8, 4) is 22.9 Å². The molecular weight excluding hydrogens is 608 g/mol. The van der Waals surface area contributed by atoms with Crippen LogP contribution < -0.4 is 30.7 Å². The molecule has 0 bridgehead atoms. The minimum Gasteiger partial charge on any atom is -0.497 e. The van der Waals surface area contributed by atoms with Gasteiger partial charge in [-0.2, -0.15) is 5.10 Å². The number of aromatic nitrogens is 3. The zero-order valence-electron chi connectivity index (χ0n) is 27.5. The molecule has 6 rings (SSSR count). The van der Waals surface area contributed by atoms with Crippen molar-refractivity contribution in [2.75, 3.05) is 43.9 Å². The largest absolute Gasteiger partial charge is 0.497 e. The number of ether oxygens (including phenoxy) is 2. The molecule has 1 aliphatic heterocycles. The Morgan fingerprint density at radius 1 is 0.896 bits per heavy atom.